The Bertz CT molecular complexity index is 1290. The van der Waals surface area contributed by atoms with Crippen LogP contribution in [0.25, 0.3) is 0 Å². The van der Waals surface area contributed by atoms with Crippen LogP contribution in [0.2, 0.25) is 0 Å². The second-order valence-corrected chi connectivity index (χ2v) is 8.25. The molecule has 2 aromatic heterocycles. The summed E-state index contributed by atoms with van der Waals surface area (Å²) in [5.74, 6) is -0.672. The summed E-state index contributed by atoms with van der Waals surface area (Å²) in [4.78, 5) is 32.1. The van der Waals surface area contributed by atoms with Crippen molar-refractivity contribution in [2.24, 2.45) is 0 Å². The van der Waals surface area contributed by atoms with Crippen LogP contribution in [0.5, 0.6) is 0 Å². The van der Waals surface area contributed by atoms with Crippen molar-refractivity contribution >= 4 is 23.3 Å². The molecule has 3 aromatic rings. The maximum atomic E-state index is 13.4. The predicted octanol–water partition coefficient (Wildman–Crippen LogP) is 4.34. The first-order valence-electron chi connectivity index (χ1n) is 10.9. The Labute approximate surface area is 199 Å². The number of anilines is 2. The Hall–Kier alpha value is -4.20. The number of rotatable bonds is 6. The first kappa shape index (κ1) is 23.9. The van der Waals surface area contributed by atoms with Crippen LogP contribution in [0.3, 0.4) is 0 Å². The van der Waals surface area contributed by atoms with Crippen LogP contribution < -0.4 is 10.2 Å². The molecule has 0 saturated carbocycles. The fraction of sp³-hybridized carbons (Fsp3) is 0.292. The number of amides is 2. The topological polar surface area (TPSA) is 104 Å². The summed E-state index contributed by atoms with van der Waals surface area (Å²) in [5, 5.41) is 15.9. The number of fused-ring (bicyclic) bond motifs is 1. The highest BCUT2D eigenvalue weighted by molar-refractivity contribution is 6.15. The number of nitrogens with one attached hydrogen (secondary N) is 1. The average Bonchev–Trinajstić information content (AvgIpc) is 3.23. The van der Waals surface area contributed by atoms with E-state index in [4.69, 9.17) is 5.26 Å². The van der Waals surface area contributed by atoms with E-state index < -0.39 is 24.4 Å². The van der Waals surface area contributed by atoms with E-state index in [1.165, 1.54) is 28.0 Å². The molecule has 0 aliphatic carbocycles. The van der Waals surface area contributed by atoms with E-state index in [-0.39, 0.29) is 30.1 Å². The summed E-state index contributed by atoms with van der Waals surface area (Å²) >= 11 is 0. The van der Waals surface area contributed by atoms with Gasteiger partial charge in [-0.1, -0.05) is 12.1 Å². The van der Waals surface area contributed by atoms with Gasteiger partial charge in [0.1, 0.15) is 11.5 Å². The molecular formula is C24H21F3N6O2. The Morgan fingerprint density at radius 1 is 1.26 bits per heavy atom. The Kier molecular flexibility index (Phi) is 6.55. The number of hydrogen-bond donors (Lipinski definition) is 1. The van der Waals surface area contributed by atoms with E-state index in [0.717, 1.165) is 0 Å². The highest BCUT2D eigenvalue weighted by Gasteiger charge is 2.36. The molecule has 8 nitrogen and oxygen atoms in total. The maximum absolute atomic E-state index is 13.4. The van der Waals surface area contributed by atoms with Crippen molar-refractivity contribution in [3.8, 4) is 6.07 Å². The van der Waals surface area contributed by atoms with Gasteiger partial charge in [0.25, 0.3) is 11.8 Å². The summed E-state index contributed by atoms with van der Waals surface area (Å²) in [6.45, 7) is 2.14. The Morgan fingerprint density at radius 2 is 2.06 bits per heavy atom. The van der Waals surface area contributed by atoms with Gasteiger partial charge in [-0.15, -0.1) is 0 Å². The molecule has 1 atom stereocenters. The molecule has 0 saturated heterocycles. The van der Waals surface area contributed by atoms with Crippen molar-refractivity contribution in [2.45, 2.75) is 44.9 Å². The first-order valence-corrected chi connectivity index (χ1v) is 10.9. The molecule has 1 N–H and O–H groups in total. The largest absolute Gasteiger partial charge is 0.389 e. The molecule has 0 fully saturated rings. The van der Waals surface area contributed by atoms with Crippen LogP contribution in [0, 0.1) is 11.3 Å². The summed E-state index contributed by atoms with van der Waals surface area (Å²) in [6.07, 6.45) is -2.10. The molecular weight excluding hydrogens is 461 g/mol. The molecule has 1 aliphatic rings. The SMILES string of the molecule is CC1Cn2ncc(C(=O)Nc3cccc(C#N)c3)c2C(=O)N1c1ccc(CCCC(F)(F)F)cn1. The maximum Gasteiger partial charge on any atom is 0.389 e. The van der Waals surface area contributed by atoms with E-state index >= 15 is 0 Å². The van der Waals surface area contributed by atoms with E-state index in [2.05, 4.69) is 15.4 Å². The van der Waals surface area contributed by atoms with Crippen LogP contribution >= 0.6 is 0 Å². The van der Waals surface area contributed by atoms with E-state index in [1.54, 1.807) is 30.3 Å². The highest BCUT2D eigenvalue weighted by atomic mass is 19.4. The molecule has 35 heavy (non-hydrogen) atoms. The molecule has 1 aliphatic heterocycles. The van der Waals surface area contributed by atoms with Gasteiger partial charge in [0, 0.05) is 18.3 Å². The van der Waals surface area contributed by atoms with E-state index in [1.807, 2.05) is 13.0 Å². The lowest BCUT2D eigenvalue weighted by molar-refractivity contribution is -0.135. The zero-order valence-electron chi connectivity index (χ0n) is 18.7. The minimum absolute atomic E-state index is 0.0431. The molecule has 0 spiro atoms. The molecule has 0 radical (unpaired) electrons. The van der Waals surface area contributed by atoms with Crippen molar-refractivity contribution in [1.29, 1.82) is 5.26 Å². The first-order chi connectivity index (χ1) is 16.7. The smallest absolute Gasteiger partial charge is 0.322 e. The molecule has 3 heterocycles. The number of benzene rings is 1. The number of aryl methyl sites for hydroxylation is 1. The van der Waals surface area contributed by atoms with Crippen LogP contribution in [0.4, 0.5) is 24.7 Å². The van der Waals surface area contributed by atoms with Gasteiger partial charge < -0.3 is 5.32 Å². The summed E-state index contributed by atoms with van der Waals surface area (Å²) in [6, 6.07) is 11.3. The van der Waals surface area contributed by atoms with Crippen LogP contribution in [0.1, 0.15) is 51.7 Å². The number of carbonyl (C=O) groups excluding carboxylic acids is 2. The standard InChI is InChI=1S/C24H21F3N6O2/c1-15-14-32-21(19(13-30-32)22(34)31-18-6-2-4-17(10-18)11-28)23(35)33(15)20-8-7-16(12-29-20)5-3-9-24(25,26)27/h2,4,6-8,10,12-13,15H,3,5,9,14H2,1H3,(H,31,34). The molecule has 0 bridgehead atoms. The van der Waals surface area contributed by atoms with Crippen molar-refractivity contribution < 1.29 is 22.8 Å². The second-order valence-electron chi connectivity index (χ2n) is 8.25. The minimum Gasteiger partial charge on any atom is -0.322 e. The Balaban J connectivity index is 1.53. The quantitative estimate of drug-likeness (QED) is 0.563. The fourth-order valence-electron chi connectivity index (χ4n) is 3.96. The molecule has 4 rings (SSSR count). The number of hydrogen-bond acceptors (Lipinski definition) is 5. The number of nitrogens with zero attached hydrogens (tertiary/aromatic N) is 5. The lowest BCUT2D eigenvalue weighted by Crippen LogP contribution is -2.48. The van der Waals surface area contributed by atoms with Crippen molar-refractivity contribution in [1.82, 2.24) is 14.8 Å². The Morgan fingerprint density at radius 3 is 2.74 bits per heavy atom. The van der Waals surface area contributed by atoms with Gasteiger partial charge in [0.15, 0.2) is 0 Å². The third-order valence-electron chi connectivity index (χ3n) is 5.61. The molecule has 1 aromatic carbocycles. The molecule has 11 heteroatoms. The monoisotopic (exact) mass is 482 g/mol. The van der Waals surface area contributed by atoms with Crippen molar-refractivity contribution in [3.05, 3.63) is 71.2 Å². The van der Waals surface area contributed by atoms with Crippen molar-refractivity contribution in [3.63, 3.8) is 0 Å². The minimum atomic E-state index is -4.20. The number of aromatic nitrogens is 3. The molecule has 180 valence electrons. The molecule has 2 amide bonds. The average molecular weight is 482 g/mol. The van der Waals surface area contributed by atoms with Crippen LogP contribution in [-0.4, -0.2) is 38.8 Å². The van der Waals surface area contributed by atoms with Crippen LogP contribution in [0.15, 0.2) is 48.8 Å². The van der Waals surface area contributed by atoms with Gasteiger partial charge in [-0.05, 0) is 49.6 Å². The third kappa shape index (κ3) is 5.32. The zero-order chi connectivity index (χ0) is 25.2. The van der Waals surface area contributed by atoms with Crippen molar-refractivity contribution in [2.75, 3.05) is 10.2 Å². The fourth-order valence-corrected chi connectivity index (χ4v) is 3.96. The number of carbonyl (C=O) groups is 2. The van der Waals surface area contributed by atoms with E-state index in [0.29, 0.717) is 29.2 Å². The summed E-state index contributed by atoms with van der Waals surface area (Å²) in [5.41, 5.74) is 1.61. The zero-order valence-corrected chi connectivity index (χ0v) is 18.7. The van der Waals surface area contributed by atoms with Gasteiger partial charge in [-0.3, -0.25) is 19.2 Å². The molecule has 1 unspecified atom stereocenters. The highest BCUT2D eigenvalue weighted by Crippen LogP contribution is 2.27. The summed E-state index contributed by atoms with van der Waals surface area (Å²) in [7, 11) is 0. The second kappa shape index (κ2) is 9.58. The third-order valence-corrected chi connectivity index (χ3v) is 5.61. The lowest BCUT2D eigenvalue weighted by Gasteiger charge is -2.33. The van der Waals surface area contributed by atoms with Gasteiger partial charge in [-0.25, -0.2) is 4.98 Å². The number of alkyl halides is 3. The summed E-state index contributed by atoms with van der Waals surface area (Å²) < 4.78 is 38.6. The van der Waals surface area contributed by atoms with Crippen LogP contribution in [-0.2, 0) is 13.0 Å². The van der Waals surface area contributed by atoms with Gasteiger partial charge in [-0.2, -0.15) is 23.5 Å². The predicted molar refractivity (Wildman–Crippen MR) is 121 cm³/mol. The van der Waals surface area contributed by atoms with Gasteiger partial charge >= 0.3 is 6.18 Å². The van der Waals surface area contributed by atoms with Gasteiger partial charge in [0.05, 0.1) is 36.0 Å². The van der Waals surface area contributed by atoms with Gasteiger partial charge in [0.2, 0.25) is 0 Å². The number of pyridine rings is 1. The number of nitriles is 1. The number of halogens is 3. The van der Waals surface area contributed by atoms with E-state index in [9.17, 15) is 22.8 Å². The normalized spacial score (nSPS) is 15.5. The lowest BCUT2D eigenvalue weighted by atomic mass is 10.1.